The third kappa shape index (κ3) is 4.34. The maximum Gasteiger partial charge on any atom is 0.254 e. The standard InChI is InChI=1S/C18H19F2N3O3/c1-25-12-7-13(19)15(14(20)8-12)16(26-2)18(24)23-9-10-3-5-11(6-4-10)17(21)22/h3-8,16H,9H2,1-2H3,(H3,21,22)(H,23,24)/t16-/m0/s1. The summed E-state index contributed by atoms with van der Waals surface area (Å²) >= 11 is 0. The first-order valence-corrected chi connectivity index (χ1v) is 7.64. The molecule has 2 aromatic rings. The van der Waals surface area contributed by atoms with E-state index in [1.165, 1.54) is 14.2 Å². The molecular formula is C18H19F2N3O3. The van der Waals surface area contributed by atoms with Crippen molar-refractivity contribution in [1.82, 2.24) is 5.32 Å². The van der Waals surface area contributed by atoms with E-state index in [1.54, 1.807) is 24.3 Å². The second-order valence-electron chi connectivity index (χ2n) is 5.45. The Morgan fingerprint density at radius 2 is 1.77 bits per heavy atom. The van der Waals surface area contributed by atoms with Crippen LogP contribution in [0.2, 0.25) is 0 Å². The Labute approximate surface area is 149 Å². The number of nitrogen functional groups attached to an aromatic ring is 1. The van der Waals surface area contributed by atoms with Crippen LogP contribution in [0.4, 0.5) is 8.78 Å². The highest BCUT2D eigenvalue weighted by atomic mass is 19.1. The number of carbonyl (C=O) groups is 1. The molecule has 4 N–H and O–H groups in total. The van der Waals surface area contributed by atoms with Crippen molar-refractivity contribution in [2.75, 3.05) is 14.2 Å². The van der Waals surface area contributed by atoms with Gasteiger partial charge < -0.3 is 20.5 Å². The SMILES string of the molecule is COc1cc(F)c([C@H](OC)C(=O)NCc2ccc(C(=N)N)cc2)c(F)c1. The van der Waals surface area contributed by atoms with Crippen LogP contribution in [0.1, 0.15) is 22.8 Å². The first-order chi connectivity index (χ1) is 12.4. The van der Waals surface area contributed by atoms with Crippen molar-refractivity contribution < 1.29 is 23.0 Å². The van der Waals surface area contributed by atoms with Crippen molar-refractivity contribution >= 4 is 11.7 Å². The van der Waals surface area contributed by atoms with Gasteiger partial charge in [0, 0.05) is 31.4 Å². The average Bonchev–Trinajstić information content (AvgIpc) is 2.62. The Hall–Kier alpha value is -3.00. The highest BCUT2D eigenvalue weighted by Crippen LogP contribution is 2.27. The molecule has 26 heavy (non-hydrogen) atoms. The number of rotatable bonds is 7. The molecule has 0 heterocycles. The lowest BCUT2D eigenvalue weighted by molar-refractivity contribution is -0.131. The van der Waals surface area contributed by atoms with Crippen LogP contribution in [0.3, 0.4) is 0 Å². The number of nitrogens with one attached hydrogen (secondary N) is 2. The molecule has 1 atom stereocenters. The van der Waals surface area contributed by atoms with Gasteiger partial charge in [-0.2, -0.15) is 0 Å². The van der Waals surface area contributed by atoms with Gasteiger partial charge in [0.2, 0.25) is 0 Å². The lowest BCUT2D eigenvalue weighted by Crippen LogP contribution is -2.31. The molecule has 0 spiro atoms. The fourth-order valence-electron chi connectivity index (χ4n) is 2.37. The minimum absolute atomic E-state index is 0.00423. The van der Waals surface area contributed by atoms with Crippen LogP contribution in [0, 0.1) is 17.0 Å². The normalized spacial score (nSPS) is 11.7. The van der Waals surface area contributed by atoms with Crippen molar-refractivity contribution in [1.29, 1.82) is 5.41 Å². The molecular weight excluding hydrogens is 344 g/mol. The average molecular weight is 363 g/mol. The Kier molecular flexibility index (Phi) is 6.24. The summed E-state index contributed by atoms with van der Waals surface area (Å²) in [4.78, 5) is 12.3. The third-order valence-corrected chi connectivity index (χ3v) is 3.76. The fraction of sp³-hybridized carbons (Fsp3) is 0.222. The molecule has 8 heteroatoms. The Morgan fingerprint density at radius 3 is 2.23 bits per heavy atom. The second-order valence-corrected chi connectivity index (χ2v) is 5.45. The zero-order valence-electron chi connectivity index (χ0n) is 14.3. The molecule has 2 aromatic carbocycles. The van der Waals surface area contributed by atoms with E-state index in [2.05, 4.69) is 5.32 Å². The third-order valence-electron chi connectivity index (χ3n) is 3.76. The molecule has 0 aliphatic carbocycles. The van der Waals surface area contributed by atoms with Gasteiger partial charge in [0.1, 0.15) is 23.2 Å². The van der Waals surface area contributed by atoms with Crippen LogP contribution in [0.15, 0.2) is 36.4 Å². The Bertz CT molecular complexity index is 787. The molecule has 6 nitrogen and oxygen atoms in total. The number of amides is 1. The van der Waals surface area contributed by atoms with Gasteiger partial charge in [-0.05, 0) is 5.56 Å². The molecule has 0 aliphatic heterocycles. The van der Waals surface area contributed by atoms with Crippen LogP contribution in [0.25, 0.3) is 0 Å². The van der Waals surface area contributed by atoms with E-state index >= 15 is 0 Å². The molecule has 0 fully saturated rings. The lowest BCUT2D eigenvalue weighted by atomic mass is 10.1. The van der Waals surface area contributed by atoms with Crippen LogP contribution in [-0.4, -0.2) is 26.0 Å². The predicted molar refractivity (Wildman–Crippen MR) is 92.0 cm³/mol. The molecule has 0 bridgehead atoms. The van der Waals surface area contributed by atoms with E-state index in [4.69, 9.17) is 20.6 Å². The summed E-state index contributed by atoms with van der Waals surface area (Å²) in [5, 5.41) is 9.90. The maximum atomic E-state index is 14.2. The molecule has 0 unspecified atom stereocenters. The summed E-state index contributed by atoms with van der Waals surface area (Å²) in [6.07, 6.45) is -1.45. The zero-order valence-corrected chi connectivity index (χ0v) is 14.3. The number of benzene rings is 2. The zero-order chi connectivity index (χ0) is 19.3. The number of methoxy groups -OCH3 is 2. The molecule has 0 saturated heterocycles. The fourth-order valence-corrected chi connectivity index (χ4v) is 2.37. The van der Waals surface area contributed by atoms with Crippen molar-refractivity contribution in [2.24, 2.45) is 5.73 Å². The predicted octanol–water partition coefficient (Wildman–Crippen LogP) is 2.26. The van der Waals surface area contributed by atoms with E-state index in [1.807, 2.05) is 0 Å². The van der Waals surface area contributed by atoms with Gasteiger partial charge in [-0.1, -0.05) is 24.3 Å². The summed E-state index contributed by atoms with van der Waals surface area (Å²) < 4.78 is 38.1. The van der Waals surface area contributed by atoms with Crippen molar-refractivity contribution in [3.8, 4) is 5.75 Å². The van der Waals surface area contributed by atoms with Crippen LogP contribution in [-0.2, 0) is 16.1 Å². The largest absolute Gasteiger partial charge is 0.497 e. The number of hydrogen-bond acceptors (Lipinski definition) is 4. The van der Waals surface area contributed by atoms with E-state index in [0.29, 0.717) is 5.56 Å². The number of carbonyl (C=O) groups excluding carboxylic acids is 1. The van der Waals surface area contributed by atoms with Crippen LogP contribution in [0.5, 0.6) is 5.75 Å². The molecule has 0 radical (unpaired) electrons. The summed E-state index contributed by atoms with van der Waals surface area (Å²) in [7, 11) is 2.47. The van der Waals surface area contributed by atoms with Gasteiger partial charge >= 0.3 is 0 Å². The Balaban J connectivity index is 2.13. The number of nitrogens with two attached hydrogens (primary N) is 1. The molecule has 0 saturated carbocycles. The summed E-state index contributed by atoms with van der Waals surface area (Å²) in [6, 6.07) is 8.62. The van der Waals surface area contributed by atoms with E-state index in [0.717, 1.165) is 17.7 Å². The van der Waals surface area contributed by atoms with Crippen molar-refractivity contribution in [3.63, 3.8) is 0 Å². The number of ether oxygens (including phenoxy) is 2. The summed E-state index contributed by atoms with van der Waals surface area (Å²) in [5.41, 5.74) is 6.17. The first kappa shape index (κ1) is 19.3. The van der Waals surface area contributed by atoms with Gasteiger partial charge in [-0.25, -0.2) is 8.78 Å². The number of halogens is 2. The highest BCUT2D eigenvalue weighted by molar-refractivity contribution is 5.94. The quantitative estimate of drug-likeness (QED) is 0.519. The smallest absolute Gasteiger partial charge is 0.254 e. The number of amidine groups is 1. The highest BCUT2D eigenvalue weighted by Gasteiger charge is 2.27. The van der Waals surface area contributed by atoms with Crippen LogP contribution < -0.4 is 15.8 Å². The van der Waals surface area contributed by atoms with Crippen molar-refractivity contribution in [2.45, 2.75) is 12.6 Å². The maximum absolute atomic E-state index is 14.2. The van der Waals surface area contributed by atoms with Crippen LogP contribution >= 0.6 is 0 Å². The van der Waals surface area contributed by atoms with Gasteiger partial charge in [0.25, 0.3) is 5.91 Å². The molecule has 138 valence electrons. The lowest BCUT2D eigenvalue weighted by Gasteiger charge is -2.17. The molecule has 1 amide bonds. The minimum atomic E-state index is -1.45. The van der Waals surface area contributed by atoms with Gasteiger partial charge in [0.15, 0.2) is 6.10 Å². The van der Waals surface area contributed by atoms with Gasteiger partial charge in [0.05, 0.1) is 12.7 Å². The molecule has 0 aliphatic rings. The molecule has 2 rings (SSSR count). The summed E-state index contributed by atoms with van der Waals surface area (Å²) in [5.74, 6) is -2.62. The second kappa shape index (κ2) is 8.39. The monoisotopic (exact) mass is 363 g/mol. The summed E-state index contributed by atoms with van der Waals surface area (Å²) in [6.45, 7) is 0.121. The van der Waals surface area contributed by atoms with E-state index < -0.39 is 29.2 Å². The van der Waals surface area contributed by atoms with Crippen molar-refractivity contribution in [3.05, 3.63) is 64.7 Å². The first-order valence-electron chi connectivity index (χ1n) is 7.64. The minimum Gasteiger partial charge on any atom is -0.497 e. The molecule has 0 aromatic heterocycles. The van der Waals surface area contributed by atoms with Gasteiger partial charge in [-0.3, -0.25) is 10.2 Å². The van der Waals surface area contributed by atoms with Gasteiger partial charge in [-0.15, -0.1) is 0 Å². The topological polar surface area (TPSA) is 97.4 Å². The van der Waals surface area contributed by atoms with E-state index in [9.17, 15) is 13.6 Å². The van der Waals surface area contributed by atoms with E-state index in [-0.39, 0.29) is 18.1 Å². The number of hydrogen-bond donors (Lipinski definition) is 3. The Morgan fingerprint density at radius 1 is 1.19 bits per heavy atom.